The molecule has 23 heteroatoms. The maximum absolute atomic E-state index is 14.2. The first-order chi connectivity index (χ1) is 29.9. The zero-order valence-corrected chi connectivity index (χ0v) is 37.0. The van der Waals surface area contributed by atoms with Crippen LogP contribution in [-0.4, -0.2) is 143 Å². The van der Waals surface area contributed by atoms with Gasteiger partial charge in [0.15, 0.2) is 5.96 Å². The van der Waals surface area contributed by atoms with Crippen molar-refractivity contribution in [2.75, 3.05) is 32.7 Å². The number of guanidine groups is 1. The van der Waals surface area contributed by atoms with Gasteiger partial charge in [-0.2, -0.15) is 0 Å². The summed E-state index contributed by atoms with van der Waals surface area (Å²) in [5.74, 6) is -6.79. The van der Waals surface area contributed by atoms with Crippen molar-refractivity contribution in [3.8, 4) is 0 Å². The van der Waals surface area contributed by atoms with Crippen LogP contribution in [0, 0.1) is 5.92 Å². The van der Waals surface area contributed by atoms with Gasteiger partial charge >= 0.3 is 11.9 Å². The van der Waals surface area contributed by atoms with E-state index in [-0.39, 0.29) is 82.8 Å². The summed E-state index contributed by atoms with van der Waals surface area (Å²) < 4.78 is 0. The number of nitrogens with zero attached hydrogens (tertiary/aromatic N) is 2. The van der Waals surface area contributed by atoms with Crippen molar-refractivity contribution < 1.29 is 48.6 Å². The molecule has 1 fully saturated rings. The van der Waals surface area contributed by atoms with Gasteiger partial charge in [-0.15, -0.1) is 0 Å². The Morgan fingerprint density at radius 2 is 1.11 bits per heavy atom. The van der Waals surface area contributed by atoms with Crippen LogP contribution in [0.25, 0.3) is 0 Å². The van der Waals surface area contributed by atoms with Crippen LogP contribution in [0.4, 0.5) is 0 Å². The fourth-order valence-corrected chi connectivity index (χ4v) is 7.01. The fourth-order valence-electron chi connectivity index (χ4n) is 7.01. The Labute approximate surface area is 369 Å². The summed E-state index contributed by atoms with van der Waals surface area (Å²) in [4.78, 5) is 111. The Morgan fingerprint density at radius 1 is 0.635 bits per heavy atom. The largest absolute Gasteiger partial charge is 0.481 e. The molecular formula is C40H75N13O10. The second kappa shape index (κ2) is 30.8. The highest BCUT2D eigenvalue weighted by molar-refractivity contribution is 5.97. The topological polar surface area (TPSA) is 409 Å². The van der Waals surface area contributed by atoms with E-state index in [1.165, 1.54) is 4.90 Å². The third-order valence-corrected chi connectivity index (χ3v) is 10.5. The van der Waals surface area contributed by atoms with E-state index in [4.69, 9.17) is 39.5 Å². The molecule has 0 aromatic carbocycles. The predicted molar refractivity (Wildman–Crippen MR) is 235 cm³/mol. The number of hydrogen-bond acceptors (Lipinski definition) is 13. The highest BCUT2D eigenvalue weighted by atomic mass is 16.4. The average molecular weight is 898 g/mol. The molecule has 1 rings (SSSR count). The fraction of sp³-hybridized carbons (Fsp3) is 0.775. The maximum Gasteiger partial charge on any atom is 0.326 e. The molecule has 1 heterocycles. The molecule has 19 N–H and O–H groups in total. The highest BCUT2D eigenvalue weighted by Crippen LogP contribution is 2.21. The van der Waals surface area contributed by atoms with Gasteiger partial charge < -0.3 is 76.1 Å². The SMILES string of the molecule is CC(C)CC(NC(=O)C(CCCCN)NC(=O)C(N)CCC(=O)O)C(=O)NC(CCCN=C(N)N)C(=O)NC(CCCCN)C(=O)N1CCCC1C(=O)NC(CCCCN)C(=O)O. The van der Waals surface area contributed by atoms with Crippen molar-refractivity contribution in [2.45, 2.75) is 159 Å². The van der Waals surface area contributed by atoms with E-state index in [1.54, 1.807) is 0 Å². The number of aliphatic imine (C=N–C) groups is 1. The van der Waals surface area contributed by atoms with E-state index in [2.05, 4.69) is 31.6 Å². The quantitative estimate of drug-likeness (QED) is 0.0179. The van der Waals surface area contributed by atoms with E-state index < -0.39 is 89.7 Å². The summed E-state index contributed by atoms with van der Waals surface area (Å²) in [6.07, 6.45) is 3.94. The lowest BCUT2D eigenvalue weighted by Crippen LogP contribution is -2.59. The molecule has 0 saturated carbocycles. The summed E-state index contributed by atoms with van der Waals surface area (Å²) >= 11 is 0. The second-order valence-electron chi connectivity index (χ2n) is 16.3. The van der Waals surface area contributed by atoms with Crippen LogP contribution in [0.3, 0.4) is 0 Å². The first-order valence-electron chi connectivity index (χ1n) is 22.0. The smallest absolute Gasteiger partial charge is 0.326 e. The minimum absolute atomic E-state index is 0.00187. The number of hydrogen-bond donors (Lipinski definition) is 13. The molecule has 23 nitrogen and oxygen atoms in total. The van der Waals surface area contributed by atoms with Gasteiger partial charge in [-0.3, -0.25) is 38.6 Å². The number of carbonyl (C=O) groups is 8. The Morgan fingerprint density at radius 3 is 1.62 bits per heavy atom. The Hall–Kier alpha value is -5.13. The minimum atomic E-state index is -1.27. The molecule has 0 spiro atoms. The van der Waals surface area contributed by atoms with Crippen LogP contribution < -0.4 is 61.0 Å². The van der Waals surface area contributed by atoms with Gasteiger partial charge in [0.1, 0.15) is 36.3 Å². The van der Waals surface area contributed by atoms with Crippen LogP contribution in [0.5, 0.6) is 0 Å². The van der Waals surface area contributed by atoms with Gasteiger partial charge in [0.05, 0.1) is 6.04 Å². The molecule has 0 aliphatic carbocycles. The molecule has 0 aromatic heterocycles. The highest BCUT2D eigenvalue weighted by Gasteiger charge is 2.40. The molecule has 63 heavy (non-hydrogen) atoms. The minimum Gasteiger partial charge on any atom is -0.481 e. The van der Waals surface area contributed by atoms with Gasteiger partial charge in [-0.25, -0.2) is 4.79 Å². The number of carboxylic acids is 2. The third-order valence-electron chi connectivity index (χ3n) is 10.5. The lowest BCUT2D eigenvalue weighted by molar-refractivity contribution is -0.145. The van der Waals surface area contributed by atoms with Gasteiger partial charge in [-0.1, -0.05) is 13.8 Å². The molecule has 0 bridgehead atoms. The van der Waals surface area contributed by atoms with Crippen LogP contribution in [0.2, 0.25) is 0 Å². The molecule has 0 aromatic rings. The molecule has 0 radical (unpaired) electrons. The Bertz CT molecular complexity index is 1510. The van der Waals surface area contributed by atoms with Gasteiger partial charge in [0.25, 0.3) is 0 Å². The lowest BCUT2D eigenvalue weighted by Gasteiger charge is -2.31. The second-order valence-corrected chi connectivity index (χ2v) is 16.3. The molecule has 360 valence electrons. The molecule has 6 amide bonds. The monoisotopic (exact) mass is 898 g/mol. The number of amides is 6. The molecular weight excluding hydrogens is 823 g/mol. The molecule has 7 atom stereocenters. The van der Waals surface area contributed by atoms with Crippen LogP contribution in [0.15, 0.2) is 4.99 Å². The van der Waals surface area contributed by atoms with Crippen LogP contribution in [0.1, 0.15) is 117 Å². The number of carboxylic acid groups (broad SMARTS) is 2. The normalized spacial score (nSPS) is 16.4. The van der Waals surface area contributed by atoms with Crippen molar-refractivity contribution in [1.29, 1.82) is 0 Å². The number of nitrogens with two attached hydrogens (primary N) is 6. The van der Waals surface area contributed by atoms with Gasteiger partial charge in [0.2, 0.25) is 35.4 Å². The van der Waals surface area contributed by atoms with Crippen LogP contribution >= 0.6 is 0 Å². The molecule has 1 aliphatic heterocycles. The molecule has 7 unspecified atom stereocenters. The first kappa shape index (κ1) is 55.9. The maximum atomic E-state index is 14.2. The Kier molecular flexibility index (Phi) is 27.4. The molecule has 1 aliphatic rings. The van der Waals surface area contributed by atoms with E-state index in [0.29, 0.717) is 64.6 Å². The van der Waals surface area contributed by atoms with Crippen LogP contribution in [-0.2, 0) is 38.4 Å². The summed E-state index contributed by atoms with van der Waals surface area (Å²) in [6.45, 7) is 4.92. The number of likely N-dealkylation sites (tertiary alicyclic amines) is 1. The van der Waals surface area contributed by atoms with E-state index in [1.807, 2.05) is 13.8 Å². The number of unbranched alkanes of at least 4 members (excludes halogenated alkanes) is 3. The van der Waals surface area contributed by atoms with Crippen molar-refractivity contribution in [2.24, 2.45) is 45.3 Å². The molecule has 1 saturated heterocycles. The summed E-state index contributed by atoms with van der Waals surface area (Å²) in [6, 6.07) is -8.14. The average Bonchev–Trinajstić information content (AvgIpc) is 3.72. The zero-order chi connectivity index (χ0) is 47.5. The first-order valence-corrected chi connectivity index (χ1v) is 22.0. The number of aliphatic carboxylic acids is 2. The van der Waals surface area contributed by atoms with Gasteiger partial charge in [0, 0.05) is 19.5 Å². The number of carbonyl (C=O) groups excluding carboxylic acids is 6. The Balaban J connectivity index is 3.41. The lowest BCUT2D eigenvalue weighted by atomic mass is 10.0. The van der Waals surface area contributed by atoms with Crippen molar-refractivity contribution in [1.82, 2.24) is 31.5 Å². The van der Waals surface area contributed by atoms with E-state index in [9.17, 15) is 43.5 Å². The van der Waals surface area contributed by atoms with Crippen molar-refractivity contribution in [3.63, 3.8) is 0 Å². The third kappa shape index (κ3) is 22.2. The standard InChI is InChI=1S/C40H75N13O10/c1-24(2)23-30(52-35(58)26(11-3-6-18-41)48-33(56)25(44)16-17-32(54)55)36(59)49-27(14-9-21-47-40(45)46)34(57)50-28(12-4-7-19-42)38(61)53-22-10-15-31(53)37(60)51-29(39(62)63)13-5-8-20-43/h24-31H,3-23,41-44H2,1-2H3,(H,48,56)(H,49,59)(H,50,57)(H,51,60)(H,52,58)(H,54,55)(H,62,63)(H4,45,46,47). The summed E-state index contributed by atoms with van der Waals surface area (Å²) in [5.41, 5.74) is 33.8. The van der Waals surface area contributed by atoms with E-state index in [0.717, 1.165) is 0 Å². The number of nitrogens with one attached hydrogen (secondary N) is 5. The van der Waals surface area contributed by atoms with Crippen molar-refractivity contribution >= 4 is 53.3 Å². The zero-order valence-electron chi connectivity index (χ0n) is 37.0. The summed E-state index contributed by atoms with van der Waals surface area (Å²) in [5, 5.41) is 32.1. The number of rotatable bonds is 33. The van der Waals surface area contributed by atoms with E-state index >= 15 is 0 Å². The summed E-state index contributed by atoms with van der Waals surface area (Å²) in [7, 11) is 0. The predicted octanol–water partition coefficient (Wildman–Crippen LogP) is -2.84. The van der Waals surface area contributed by atoms with Crippen molar-refractivity contribution in [3.05, 3.63) is 0 Å². The van der Waals surface area contributed by atoms with Gasteiger partial charge in [-0.05, 0) is 122 Å².